The van der Waals surface area contributed by atoms with Crippen molar-refractivity contribution in [1.29, 1.82) is 0 Å². The van der Waals surface area contributed by atoms with Gasteiger partial charge >= 0.3 is 0 Å². The largest absolute Gasteiger partial charge is 0.322 e. The van der Waals surface area contributed by atoms with Crippen LogP contribution in [0, 0.1) is 17.8 Å². The second kappa shape index (κ2) is 2.89. The molecule has 3 heteroatoms. The van der Waals surface area contributed by atoms with Gasteiger partial charge < -0.3 is 5.73 Å². The van der Waals surface area contributed by atoms with Crippen LogP contribution in [0.25, 0.3) is 0 Å². The minimum Gasteiger partial charge on any atom is -0.322 e. The van der Waals surface area contributed by atoms with E-state index in [2.05, 4.69) is 25.1 Å². The van der Waals surface area contributed by atoms with Crippen molar-refractivity contribution < 1.29 is 0 Å². The van der Waals surface area contributed by atoms with Gasteiger partial charge in [0.05, 0.1) is 11.7 Å². The van der Waals surface area contributed by atoms with Crippen molar-refractivity contribution in [3.05, 3.63) is 17.5 Å². The molecular formula is C13H21N3. The first-order chi connectivity index (χ1) is 7.44. The molecule has 16 heavy (non-hydrogen) atoms. The smallest absolute Gasteiger partial charge is 0.0826 e. The van der Waals surface area contributed by atoms with Crippen molar-refractivity contribution >= 4 is 0 Å². The molecule has 1 spiro atoms. The molecule has 88 valence electrons. The number of aryl methyl sites for hydroxylation is 2. The highest BCUT2D eigenvalue weighted by Crippen LogP contribution is 2.71. The third-order valence-electron chi connectivity index (χ3n) is 4.61. The summed E-state index contributed by atoms with van der Waals surface area (Å²) < 4.78 is 1.87. The first-order valence-corrected chi connectivity index (χ1v) is 6.20. The molecule has 2 saturated carbocycles. The standard InChI is InChI=1S/C13H21N3/c1-9-6-16(3)15-10(9)11(14)12(2)7-13(8-12)4-5-13/h6,11H,4-5,7-8,14H2,1-3H3. The highest BCUT2D eigenvalue weighted by molar-refractivity contribution is 5.24. The average molecular weight is 219 g/mol. The first kappa shape index (κ1) is 10.3. The van der Waals surface area contributed by atoms with Gasteiger partial charge in [-0.2, -0.15) is 5.10 Å². The Morgan fingerprint density at radius 2 is 2.06 bits per heavy atom. The van der Waals surface area contributed by atoms with Gasteiger partial charge in [0.1, 0.15) is 0 Å². The molecule has 0 aromatic carbocycles. The summed E-state index contributed by atoms with van der Waals surface area (Å²) in [4.78, 5) is 0. The normalized spacial score (nSPS) is 26.5. The van der Waals surface area contributed by atoms with Gasteiger partial charge in [0.2, 0.25) is 0 Å². The van der Waals surface area contributed by atoms with E-state index in [-0.39, 0.29) is 11.5 Å². The molecule has 0 bridgehead atoms. The Morgan fingerprint density at radius 1 is 1.44 bits per heavy atom. The van der Waals surface area contributed by atoms with Crippen molar-refractivity contribution in [2.75, 3.05) is 0 Å². The molecule has 1 aromatic rings. The third kappa shape index (κ3) is 1.34. The fourth-order valence-corrected chi connectivity index (χ4v) is 3.67. The summed E-state index contributed by atoms with van der Waals surface area (Å²) in [6, 6.07) is 0.111. The summed E-state index contributed by atoms with van der Waals surface area (Å²) in [6.07, 6.45) is 7.52. The number of rotatable bonds is 2. The van der Waals surface area contributed by atoms with Crippen LogP contribution in [0.1, 0.15) is 49.9 Å². The monoisotopic (exact) mass is 219 g/mol. The van der Waals surface area contributed by atoms with E-state index < -0.39 is 0 Å². The van der Waals surface area contributed by atoms with Gasteiger partial charge in [0, 0.05) is 13.2 Å². The van der Waals surface area contributed by atoms with Crippen LogP contribution in [-0.2, 0) is 7.05 Å². The second-order valence-corrected chi connectivity index (χ2v) is 6.36. The highest BCUT2D eigenvalue weighted by Gasteiger charge is 2.61. The predicted molar refractivity (Wildman–Crippen MR) is 63.9 cm³/mol. The highest BCUT2D eigenvalue weighted by atomic mass is 15.3. The van der Waals surface area contributed by atoms with Gasteiger partial charge in [-0.05, 0) is 49.0 Å². The van der Waals surface area contributed by atoms with E-state index in [1.165, 1.54) is 31.2 Å². The molecule has 0 amide bonds. The van der Waals surface area contributed by atoms with Crippen LogP contribution in [0.4, 0.5) is 0 Å². The fourth-order valence-electron chi connectivity index (χ4n) is 3.67. The van der Waals surface area contributed by atoms with E-state index in [1.807, 2.05) is 11.7 Å². The predicted octanol–water partition coefficient (Wildman–Crippen LogP) is 2.31. The zero-order valence-corrected chi connectivity index (χ0v) is 10.5. The minimum absolute atomic E-state index is 0.111. The summed E-state index contributed by atoms with van der Waals surface area (Å²) >= 11 is 0. The second-order valence-electron chi connectivity index (χ2n) is 6.36. The van der Waals surface area contributed by atoms with Crippen molar-refractivity contribution in [2.24, 2.45) is 23.6 Å². The van der Waals surface area contributed by atoms with Crippen molar-refractivity contribution in [2.45, 2.75) is 45.6 Å². The van der Waals surface area contributed by atoms with Gasteiger partial charge in [-0.15, -0.1) is 0 Å². The molecule has 2 aliphatic carbocycles. The SMILES string of the molecule is Cc1cn(C)nc1C(N)C1(C)CC2(CC2)C1. The molecule has 3 rings (SSSR count). The molecule has 1 aromatic heterocycles. The van der Waals surface area contributed by atoms with Crippen LogP contribution in [0.15, 0.2) is 6.20 Å². The maximum Gasteiger partial charge on any atom is 0.0826 e. The van der Waals surface area contributed by atoms with Gasteiger partial charge in [-0.3, -0.25) is 4.68 Å². The Balaban J connectivity index is 1.82. The topological polar surface area (TPSA) is 43.8 Å². The van der Waals surface area contributed by atoms with E-state index in [4.69, 9.17) is 5.73 Å². The third-order valence-corrected chi connectivity index (χ3v) is 4.61. The number of hydrogen-bond acceptors (Lipinski definition) is 2. The molecular weight excluding hydrogens is 198 g/mol. The lowest BCUT2D eigenvalue weighted by Gasteiger charge is -2.49. The Labute approximate surface area is 97.0 Å². The number of hydrogen-bond donors (Lipinski definition) is 1. The molecule has 0 radical (unpaired) electrons. The van der Waals surface area contributed by atoms with Crippen molar-refractivity contribution in [1.82, 2.24) is 9.78 Å². The zero-order valence-electron chi connectivity index (χ0n) is 10.5. The summed E-state index contributed by atoms with van der Waals surface area (Å²) in [5.74, 6) is 0. The maximum absolute atomic E-state index is 6.42. The van der Waals surface area contributed by atoms with Gasteiger partial charge in [0.25, 0.3) is 0 Å². The molecule has 0 saturated heterocycles. The summed E-state index contributed by atoms with van der Waals surface area (Å²) in [5.41, 5.74) is 9.74. The molecule has 2 fully saturated rings. The molecule has 1 unspecified atom stereocenters. The van der Waals surface area contributed by atoms with Crippen LogP contribution in [0.3, 0.4) is 0 Å². The number of nitrogens with two attached hydrogens (primary N) is 1. The Kier molecular flexibility index (Phi) is 1.87. The Bertz CT molecular complexity index is 420. The molecule has 3 nitrogen and oxygen atoms in total. The van der Waals surface area contributed by atoms with Crippen LogP contribution < -0.4 is 5.73 Å². The van der Waals surface area contributed by atoms with Crippen molar-refractivity contribution in [3.63, 3.8) is 0 Å². The van der Waals surface area contributed by atoms with Gasteiger partial charge in [0.15, 0.2) is 0 Å². The molecule has 2 aliphatic rings. The van der Waals surface area contributed by atoms with Gasteiger partial charge in [-0.1, -0.05) is 6.92 Å². The average Bonchev–Trinajstić information content (AvgIpc) is 2.84. The lowest BCUT2D eigenvalue weighted by atomic mass is 9.56. The lowest BCUT2D eigenvalue weighted by Crippen LogP contribution is -2.44. The van der Waals surface area contributed by atoms with Crippen LogP contribution >= 0.6 is 0 Å². The molecule has 2 N–H and O–H groups in total. The van der Waals surface area contributed by atoms with Crippen molar-refractivity contribution in [3.8, 4) is 0 Å². The van der Waals surface area contributed by atoms with Crippen LogP contribution in [-0.4, -0.2) is 9.78 Å². The molecule has 1 atom stereocenters. The van der Waals surface area contributed by atoms with E-state index >= 15 is 0 Å². The quantitative estimate of drug-likeness (QED) is 0.829. The number of aromatic nitrogens is 2. The van der Waals surface area contributed by atoms with E-state index in [0.29, 0.717) is 5.41 Å². The summed E-state index contributed by atoms with van der Waals surface area (Å²) in [5, 5.41) is 4.52. The summed E-state index contributed by atoms with van der Waals surface area (Å²) in [6.45, 7) is 4.44. The van der Waals surface area contributed by atoms with E-state index in [0.717, 1.165) is 5.69 Å². The maximum atomic E-state index is 6.42. The summed E-state index contributed by atoms with van der Waals surface area (Å²) in [7, 11) is 1.97. The lowest BCUT2D eigenvalue weighted by molar-refractivity contribution is 0.0253. The van der Waals surface area contributed by atoms with E-state index in [9.17, 15) is 0 Å². The van der Waals surface area contributed by atoms with E-state index in [1.54, 1.807) is 0 Å². The zero-order chi connectivity index (χ0) is 11.6. The van der Waals surface area contributed by atoms with Crippen LogP contribution in [0.5, 0.6) is 0 Å². The molecule has 1 heterocycles. The first-order valence-electron chi connectivity index (χ1n) is 6.20. The molecule has 0 aliphatic heterocycles. The number of nitrogens with zero attached hydrogens (tertiary/aromatic N) is 2. The Morgan fingerprint density at radius 3 is 2.50 bits per heavy atom. The van der Waals surface area contributed by atoms with Gasteiger partial charge in [-0.25, -0.2) is 0 Å². The fraction of sp³-hybridized carbons (Fsp3) is 0.769. The Hall–Kier alpha value is -0.830. The van der Waals surface area contributed by atoms with Crippen LogP contribution in [0.2, 0.25) is 0 Å². The minimum atomic E-state index is 0.111.